The number of fused-ring (bicyclic) bond motifs is 9. The van der Waals surface area contributed by atoms with Crippen molar-refractivity contribution in [1.82, 2.24) is 14.1 Å². The minimum Gasteiger partial charge on any atom is -0.353 e. The molecule has 0 amide bonds. The number of pyridine rings is 1. The zero-order valence-electron chi connectivity index (χ0n) is 42.4. The summed E-state index contributed by atoms with van der Waals surface area (Å²) in [6.45, 7) is 23.3. The maximum absolute atomic E-state index is 6.09. The van der Waals surface area contributed by atoms with Gasteiger partial charge in [-0.3, -0.25) is 0 Å². The van der Waals surface area contributed by atoms with Crippen LogP contribution < -0.4 is 4.90 Å². The maximum atomic E-state index is 6.09. The molecule has 7 aromatic carbocycles. The molecule has 3 aromatic heterocycles. The van der Waals surface area contributed by atoms with Crippen LogP contribution in [0.4, 0.5) is 5.69 Å². The van der Waals surface area contributed by atoms with Gasteiger partial charge in [-0.15, -0.1) is 46.8 Å². The Morgan fingerprint density at radius 3 is 2.24 bits per heavy atom. The van der Waals surface area contributed by atoms with Crippen molar-refractivity contribution < 1.29 is 21.1 Å². The molecule has 3 atom stereocenters. The van der Waals surface area contributed by atoms with Crippen molar-refractivity contribution in [3.63, 3.8) is 0 Å². The fourth-order valence-corrected chi connectivity index (χ4v) is 12.9. The molecule has 71 heavy (non-hydrogen) atoms. The van der Waals surface area contributed by atoms with Crippen LogP contribution in [0.25, 0.3) is 66.2 Å². The van der Waals surface area contributed by atoms with Crippen LogP contribution in [0.2, 0.25) is 0 Å². The van der Waals surface area contributed by atoms with E-state index in [1.807, 2.05) is 12.3 Å². The van der Waals surface area contributed by atoms with Crippen molar-refractivity contribution in [2.24, 2.45) is 4.99 Å². The number of aromatic nitrogens is 3. The molecule has 0 saturated carbocycles. The van der Waals surface area contributed by atoms with Crippen molar-refractivity contribution in [1.29, 1.82) is 0 Å². The van der Waals surface area contributed by atoms with Gasteiger partial charge in [-0.05, 0) is 144 Å². The first-order valence-electron chi connectivity index (χ1n) is 25.3. The number of amidine groups is 1. The second kappa shape index (κ2) is 16.0. The number of anilines is 1. The van der Waals surface area contributed by atoms with E-state index in [2.05, 4.69) is 223 Å². The van der Waals surface area contributed by atoms with E-state index in [1.54, 1.807) is 0 Å². The third-order valence-electron chi connectivity index (χ3n) is 16.5. The van der Waals surface area contributed by atoms with Crippen molar-refractivity contribution in [3.8, 4) is 22.5 Å². The van der Waals surface area contributed by atoms with Crippen molar-refractivity contribution in [2.45, 2.75) is 110 Å². The predicted octanol–water partition coefficient (Wildman–Crippen LogP) is 15.9. The summed E-state index contributed by atoms with van der Waals surface area (Å²) in [5, 5.41) is 4.64. The van der Waals surface area contributed by atoms with Crippen LogP contribution in [0.3, 0.4) is 0 Å². The van der Waals surface area contributed by atoms with Crippen LogP contribution >= 0.6 is 0 Å². The molecule has 5 heterocycles. The number of aliphatic imine (C=N–C) groups is 1. The van der Waals surface area contributed by atoms with Crippen LogP contribution in [-0.2, 0) is 38.4 Å². The van der Waals surface area contributed by atoms with Gasteiger partial charge in [0.25, 0.3) is 0 Å². The standard InChI is InChI=1S/C65H59N5.Pt/c1-38(2)50-18-14-19-51-42(6)36-65-56-30-41(5)40(4)29-46(56)37-64(65,10)67-61(70(65)60(50)51)45-31-47(63(7,8)9)34-49(32-45)68-57-25-21-39(3)28-54(57)52-24-23-48(35-59(52)68)69-58-26-22-44(43-16-12-11-13-17-43)33-55(58)53-20-15-27-66-62(53)69;/h11-31,33-34,38,42H,36-37H2,1-10H3;/q-2;+2/t42?,64-,65+;/m1./s1. The number of aryl methyl sites for hydroxylation is 3. The molecule has 0 fully saturated rings. The van der Waals surface area contributed by atoms with Gasteiger partial charge in [0.15, 0.2) is 0 Å². The number of rotatable bonds is 5. The van der Waals surface area contributed by atoms with Crippen LogP contribution in [0.1, 0.15) is 117 Å². The minimum absolute atomic E-state index is 0. The van der Waals surface area contributed by atoms with Crippen molar-refractivity contribution in [3.05, 3.63) is 202 Å². The molecule has 2 aliphatic heterocycles. The Kier molecular flexibility index (Phi) is 10.3. The van der Waals surface area contributed by atoms with E-state index in [0.717, 1.165) is 68.6 Å². The largest absolute Gasteiger partial charge is 2.00 e. The number of para-hydroxylation sites is 1. The first kappa shape index (κ1) is 45.6. The van der Waals surface area contributed by atoms with Gasteiger partial charge in [0.2, 0.25) is 0 Å². The Hall–Kier alpha value is -6.55. The zero-order chi connectivity index (χ0) is 48.2. The molecule has 6 heteroatoms. The molecule has 1 unspecified atom stereocenters. The molecule has 13 rings (SSSR count). The second-order valence-electron chi connectivity index (χ2n) is 22.4. The molecule has 0 N–H and O–H groups in total. The summed E-state index contributed by atoms with van der Waals surface area (Å²) in [4.78, 5) is 13.9. The first-order chi connectivity index (χ1) is 33.6. The molecule has 0 bridgehead atoms. The van der Waals surface area contributed by atoms with Crippen molar-refractivity contribution >= 4 is 55.3 Å². The summed E-state index contributed by atoms with van der Waals surface area (Å²) in [6.07, 6.45) is 3.79. The SMILES string of the molecule is Cc1ccc2c(c1)c1ccc(-n3c4ccc(-c5ccccc5)cc4c4cccnc43)[c-]c1n2-c1[c-]c(C2=N[C@]3(C)Cc4cc(C)c(C)cc4[C@@]34CC(C)c3cccc(C(C)C)c3N24)cc(C(C)(C)C)c1.[Pt+2]. The van der Waals surface area contributed by atoms with Crippen LogP contribution in [0.15, 0.2) is 145 Å². The minimum atomic E-state index is -0.391. The molecule has 3 aliphatic rings. The fraction of sp³-hybridized carbons (Fsp3) is 0.262. The summed E-state index contributed by atoms with van der Waals surface area (Å²) in [6, 6.07) is 58.0. The van der Waals surface area contributed by atoms with Gasteiger partial charge in [0, 0.05) is 28.2 Å². The van der Waals surface area contributed by atoms with Gasteiger partial charge in [0.05, 0.1) is 22.4 Å². The Bertz CT molecular complexity index is 3870. The number of hydrogen-bond donors (Lipinski definition) is 0. The van der Waals surface area contributed by atoms with E-state index in [9.17, 15) is 0 Å². The quantitative estimate of drug-likeness (QED) is 0.161. The third kappa shape index (κ3) is 6.54. The Labute approximate surface area is 432 Å². The Morgan fingerprint density at radius 2 is 1.45 bits per heavy atom. The van der Waals surface area contributed by atoms with E-state index in [-0.39, 0.29) is 32.0 Å². The second-order valence-corrected chi connectivity index (χ2v) is 22.4. The van der Waals surface area contributed by atoms with Gasteiger partial charge < -0.3 is 19.0 Å². The predicted molar refractivity (Wildman–Crippen MR) is 292 cm³/mol. The van der Waals surface area contributed by atoms with Gasteiger partial charge in [-0.2, -0.15) is 6.07 Å². The molecule has 1 aliphatic carbocycles. The van der Waals surface area contributed by atoms with E-state index in [4.69, 9.17) is 9.98 Å². The summed E-state index contributed by atoms with van der Waals surface area (Å²) >= 11 is 0. The van der Waals surface area contributed by atoms with Gasteiger partial charge in [-0.25, -0.2) is 4.98 Å². The Balaban J connectivity index is 0.00000517. The van der Waals surface area contributed by atoms with E-state index in [0.29, 0.717) is 11.8 Å². The molecular weight excluding hydrogens is 1050 g/mol. The average molecular weight is 1110 g/mol. The number of hydrogen-bond acceptors (Lipinski definition) is 3. The molecule has 354 valence electrons. The summed E-state index contributed by atoms with van der Waals surface area (Å²) in [5.41, 5.74) is 20.7. The molecular formula is C65H59N5Pt. The van der Waals surface area contributed by atoms with E-state index in [1.165, 1.54) is 72.1 Å². The number of benzene rings is 7. The number of nitrogens with zero attached hydrogens (tertiary/aromatic N) is 5. The normalized spacial score (nSPS) is 19.3. The maximum Gasteiger partial charge on any atom is 2.00 e. The third-order valence-corrected chi connectivity index (χ3v) is 16.5. The van der Waals surface area contributed by atoms with Gasteiger partial charge in [-0.1, -0.05) is 137 Å². The fourth-order valence-electron chi connectivity index (χ4n) is 12.9. The first-order valence-corrected chi connectivity index (χ1v) is 25.3. The molecule has 1 spiro atoms. The molecule has 0 radical (unpaired) electrons. The van der Waals surface area contributed by atoms with Crippen LogP contribution in [0.5, 0.6) is 0 Å². The monoisotopic (exact) mass is 1100 g/mol. The smallest absolute Gasteiger partial charge is 0.353 e. The molecule has 10 aromatic rings. The van der Waals surface area contributed by atoms with Gasteiger partial charge in [0.1, 0.15) is 5.65 Å². The van der Waals surface area contributed by atoms with Crippen molar-refractivity contribution in [2.75, 3.05) is 4.90 Å². The summed E-state index contributed by atoms with van der Waals surface area (Å²) in [5.74, 6) is 1.70. The molecule has 5 nitrogen and oxygen atoms in total. The average Bonchev–Trinajstić information content (AvgIpc) is 4.00. The Morgan fingerprint density at radius 1 is 0.690 bits per heavy atom. The zero-order valence-corrected chi connectivity index (χ0v) is 44.7. The van der Waals surface area contributed by atoms with Crippen LogP contribution in [-0.4, -0.2) is 25.5 Å². The van der Waals surface area contributed by atoms with Gasteiger partial charge >= 0.3 is 21.1 Å². The summed E-state index contributed by atoms with van der Waals surface area (Å²) < 4.78 is 4.71. The molecule has 0 saturated heterocycles. The van der Waals surface area contributed by atoms with Crippen LogP contribution in [0, 0.1) is 32.9 Å². The van der Waals surface area contributed by atoms with E-state index < -0.39 is 5.54 Å². The topological polar surface area (TPSA) is 38.4 Å². The van der Waals surface area contributed by atoms with E-state index >= 15 is 0 Å². The summed E-state index contributed by atoms with van der Waals surface area (Å²) in [7, 11) is 0.